The van der Waals surface area contributed by atoms with E-state index >= 15 is 0 Å². The highest BCUT2D eigenvalue weighted by Crippen LogP contribution is 2.40. The molecule has 0 saturated carbocycles. The van der Waals surface area contributed by atoms with E-state index in [0.717, 1.165) is 34.5 Å². The lowest BCUT2D eigenvalue weighted by Crippen LogP contribution is -2.42. The summed E-state index contributed by atoms with van der Waals surface area (Å²) in [4.78, 5) is 35.5. The number of carbonyl (C=O) groups excluding carboxylic acids is 2. The highest BCUT2D eigenvalue weighted by atomic mass is 32.2. The molecule has 4 rings (SSSR count). The summed E-state index contributed by atoms with van der Waals surface area (Å²) in [6.07, 6.45) is 3.22. The van der Waals surface area contributed by atoms with Gasteiger partial charge in [0.1, 0.15) is 21.5 Å². The Hall–Kier alpha value is -2.52. The number of hydrogen-bond donors (Lipinski definition) is 2. The molecule has 2 aromatic heterocycles. The molecule has 0 fully saturated rings. The number of hydrogen-bond acceptors (Lipinski definition) is 6. The van der Waals surface area contributed by atoms with E-state index in [-0.39, 0.29) is 11.3 Å². The van der Waals surface area contributed by atoms with E-state index in [2.05, 4.69) is 20.8 Å². The van der Waals surface area contributed by atoms with Crippen molar-refractivity contribution in [1.29, 1.82) is 0 Å². The van der Waals surface area contributed by atoms with Gasteiger partial charge in [-0.3, -0.25) is 20.4 Å². The average molecular weight is 417 g/mol. The average Bonchev–Trinajstić information content (AvgIpc) is 3.25. The molecular formula is C19H17FN4O2S2. The van der Waals surface area contributed by atoms with Crippen molar-refractivity contribution in [1.82, 2.24) is 20.8 Å². The van der Waals surface area contributed by atoms with E-state index in [9.17, 15) is 14.0 Å². The van der Waals surface area contributed by atoms with E-state index in [1.165, 1.54) is 40.4 Å². The first kappa shape index (κ1) is 18.8. The van der Waals surface area contributed by atoms with Crippen LogP contribution in [0.15, 0.2) is 29.3 Å². The Balaban J connectivity index is 1.41. The van der Waals surface area contributed by atoms with E-state index in [0.29, 0.717) is 5.82 Å². The van der Waals surface area contributed by atoms with Gasteiger partial charge in [0.15, 0.2) is 0 Å². The minimum atomic E-state index is -0.702. The Kier molecular flexibility index (Phi) is 5.27. The SMILES string of the molecule is Cc1nc(SCC(=O)NNC(=O)c2ccccc2F)c2c3c(sc2n1)CCC3. The monoisotopic (exact) mass is 416 g/mol. The topological polar surface area (TPSA) is 84.0 Å². The van der Waals surface area contributed by atoms with Crippen LogP contribution < -0.4 is 10.9 Å². The Morgan fingerprint density at radius 3 is 2.86 bits per heavy atom. The number of carbonyl (C=O) groups is 2. The maximum atomic E-state index is 13.6. The van der Waals surface area contributed by atoms with E-state index < -0.39 is 17.6 Å². The molecule has 9 heteroatoms. The van der Waals surface area contributed by atoms with Crippen molar-refractivity contribution in [2.45, 2.75) is 31.2 Å². The summed E-state index contributed by atoms with van der Waals surface area (Å²) in [7, 11) is 0. The van der Waals surface area contributed by atoms with Gasteiger partial charge in [0.2, 0.25) is 5.91 Å². The number of rotatable bonds is 4. The molecule has 0 unspecified atom stereocenters. The van der Waals surface area contributed by atoms with Gasteiger partial charge >= 0.3 is 0 Å². The standard InChI is InChI=1S/C19H17FN4O2S2/c1-10-21-18(16-12-6-4-8-14(12)28-19(16)22-10)27-9-15(25)23-24-17(26)11-5-2-3-7-13(11)20/h2-3,5,7H,4,6,8-9H2,1H3,(H,23,25)(H,24,26). The Morgan fingerprint density at radius 2 is 2.04 bits per heavy atom. The van der Waals surface area contributed by atoms with Crippen molar-refractivity contribution >= 4 is 45.1 Å². The highest BCUT2D eigenvalue weighted by Gasteiger charge is 2.22. The Bertz CT molecular complexity index is 1080. The fourth-order valence-corrected chi connectivity index (χ4v) is 5.45. The van der Waals surface area contributed by atoms with Gasteiger partial charge in [0.25, 0.3) is 5.91 Å². The molecule has 1 aliphatic rings. The van der Waals surface area contributed by atoms with Crippen LogP contribution in [0.5, 0.6) is 0 Å². The number of benzene rings is 1. The van der Waals surface area contributed by atoms with Gasteiger partial charge in [0, 0.05) is 10.3 Å². The zero-order valence-corrected chi connectivity index (χ0v) is 16.7. The maximum Gasteiger partial charge on any atom is 0.272 e. The number of nitrogens with zero attached hydrogens (tertiary/aromatic N) is 2. The Morgan fingerprint density at radius 1 is 1.21 bits per heavy atom. The summed E-state index contributed by atoms with van der Waals surface area (Å²) in [5, 5.41) is 1.84. The molecule has 2 N–H and O–H groups in total. The van der Waals surface area contributed by atoms with Crippen LogP contribution in [0.4, 0.5) is 4.39 Å². The minimum Gasteiger partial charge on any atom is -0.272 e. The summed E-state index contributed by atoms with van der Waals surface area (Å²) in [6, 6.07) is 5.59. The molecule has 0 bridgehead atoms. The number of aromatic nitrogens is 2. The largest absolute Gasteiger partial charge is 0.272 e. The van der Waals surface area contributed by atoms with Crippen LogP contribution in [-0.4, -0.2) is 27.5 Å². The molecule has 2 heterocycles. The van der Waals surface area contributed by atoms with Gasteiger partial charge in [-0.05, 0) is 43.9 Å². The molecule has 0 spiro atoms. The number of nitrogens with one attached hydrogen (secondary N) is 2. The molecule has 3 aromatic rings. The van der Waals surface area contributed by atoms with Crippen LogP contribution in [0.3, 0.4) is 0 Å². The Labute approximate surface area is 168 Å². The predicted octanol–water partition coefficient (Wildman–Crippen LogP) is 3.18. The number of hydrazine groups is 1. The third-order valence-electron chi connectivity index (χ3n) is 4.42. The van der Waals surface area contributed by atoms with E-state index in [1.807, 2.05) is 6.92 Å². The third-order valence-corrected chi connectivity index (χ3v) is 6.58. The van der Waals surface area contributed by atoms with Crippen LogP contribution in [0.2, 0.25) is 0 Å². The van der Waals surface area contributed by atoms with Crippen molar-refractivity contribution in [2.75, 3.05) is 5.75 Å². The molecule has 144 valence electrons. The second kappa shape index (κ2) is 7.84. The van der Waals surface area contributed by atoms with Crippen LogP contribution >= 0.6 is 23.1 Å². The second-order valence-electron chi connectivity index (χ2n) is 6.38. The van der Waals surface area contributed by atoms with Crippen LogP contribution in [0.25, 0.3) is 10.2 Å². The van der Waals surface area contributed by atoms with E-state index in [1.54, 1.807) is 17.4 Å². The van der Waals surface area contributed by atoms with Crippen LogP contribution in [0, 0.1) is 12.7 Å². The number of amides is 2. The molecule has 6 nitrogen and oxygen atoms in total. The molecule has 0 atom stereocenters. The number of fused-ring (bicyclic) bond motifs is 3. The van der Waals surface area contributed by atoms with Gasteiger partial charge < -0.3 is 0 Å². The summed E-state index contributed by atoms with van der Waals surface area (Å²) in [5.41, 5.74) is 5.73. The lowest BCUT2D eigenvalue weighted by Gasteiger charge is -2.08. The molecule has 1 aromatic carbocycles. The molecule has 1 aliphatic carbocycles. The van der Waals surface area contributed by atoms with Crippen molar-refractivity contribution < 1.29 is 14.0 Å². The smallest absolute Gasteiger partial charge is 0.272 e. The molecule has 2 amide bonds. The van der Waals surface area contributed by atoms with E-state index in [4.69, 9.17) is 0 Å². The lowest BCUT2D eigenvalue weighted by atomic mass is 10.2. The fraction of sp³-hybridized carbons (Fsp3) is 0.263. The van der Waals surface area contributed by atoms with Gasteiger partial charge in [-0.25, -0.2) is 14.4 Å². The molecular weight excluding hydrogens is 399 g/mol. The van der Waals surface area contributed by atoms with Crippen LogP contribution in [0.1, 0.15) is 33.0 Å². The summed E-state index contributed by atoms with van der Waals surface area (Å²) in [6.45, 7) is 1.84. The highest BCUT2D eigenvalue weighted by molar-refractivity contribution is 8.00. The first-order valence-electron chi connectivity index (χ1n) is 8.78. The second-order valence-corrected chi connectivity index (χ2v) is 8.43. The molecule has 0 radical (unpaired) electrons. The quantitative estimate of drug-likeness (QED) is 0.388. The molecule has 28 heavy (non-hydrogen) atoms. The number of thioether (sulfide) groups is 1. The zero-order valence-electron chi connectivity index (χ0n) is 15.0. The van der Waals surface area contributed by atoms with Gasteiger partial charge in [0.05, 0.1) is 11.3 Å². The first-order chi connectivity index (χ1) is 13.5. The number of halogens is 1. The van der Waals surface area contributed by atoms with Gasteiger partial charge in [-0.2, -0.15) is 0 Å². The van der Waals surface area contributed by atoms with Crippen molar-refractivity contribution in [3.05, 3.63) is 51.9 Å². The van der Waals surface area contributed by atoms with Crippen molar-refractivity contribution in [3.8, 4) is 0 Å². The number of thiophene rings is 1. The van der Waals surface area contributed by atoms with Gasteiger partial charge in [-0.1, -0.05) is 23.9 Å². The zero-order chi connectivity index (χ0) is 19.7. The summed E-state index contributed by atoms with van der Waals surface area (Å²) >= 11 is 3.02. The maximum absolute atomic E-state index is 13.6. The lowest BCUT2D eigenvalue weighted by molar-refractivity contribution is -0.119. The summed E-state index contributed by atoms with van der Waals surface area (Å²) in [5.74, 6) is -0.997. The third kappa shape index (κ3) is 3.72. The number of aryl methyl sites for hydroxylation is 3. The predicted molar refractivity (Wildman–Crippen MR) is 107 cm³/mol. The fourth-order valence-electron chi connectivity index (χ4n) is 3.18. The minimum absolute atomic E-state index is 0.0771. The molecule has 0 aliphatic heterocycles. The van der Waals surface area contributed by atoms with Crippen LogP contribution in [-0.2, 0) is 17.6 Å². The van der Waals surface area contributed by atoms with Gasteiger partial charge in [-0.15, -0.1) is 11.3 Å². The first-order valence-corrected chi connectivity index (χ1v) is 10.6. The van der Waals surface area contributed by atoms with Crippen molar-refractivity contribution in [2.24, 2.45) is 0 Å². The molecule has 0 saturated heterocycles. The van der Waals surface area contributed by atoms with Crippen molar-refractivity contribution in [3.63, 3.8) is 0 Å². The normalized spacial score (nSPS) is 12.8. The summed E-state index contributed by atoms with van der Waals surface area (Å²) < 4.78 is 13.6.